The van der Waals surface area contributed by atoms with E-state index in [-0.39, 0.29) is 17.8 Å². The van der Waals surface area contributed by atoms with Gasteiger partial charge >= 0.3 is 5.97 Å². The summed E-state index contributed by atoms with van der Waals surface area (Å²) in [6.45, 7) is 2.80. The second-order valence-corrected chi connectivity index (χ2v) is 6.07. The molecule has 1 aliphatic carbocycles. The molecule has 20 heavy (non-hydrogen) atoms. The molecule has 1 aromatic rings. The molecule has 1 aromatic carbocycles. The summed E-state index contributed by atoms with van der Waals surface area (Å²) < 4.78 is 13.4. The molecular weight excluding hydrogens is 257 g/mol. The van der Waals surface area contributed by atoms with Crippen molar-refractivity contribution in [3.63, 3.8) is 0 Å². The van der Waals surface area contributed by atoms with Crippen LogP contribution in [0, 0.1) is 17.7 Å². The molecule has 0 aromatic heterocycles. The molecule has 0 spiro atoms. The van der Waals surface area contributed by atoms with Crippen LogP contribution in [0.4, 0.5) is 4.39 Å². The molecule has 4 atom stereocenters. The van der Waals surface area contributed by atoms with E-state index in [1.54, 1.807) is 6.07 Å². The number of fused-ring (bicyclic) bond motifs is 1. The Morgan fingerprint density at radius 1 is 1.45 bits per heavy atom. The summed E-state index contributed by atoms with van der Waals surface area (Å²) in [7, 11) is 0. The van der Waals surface area contributed by atoms with Crippen LogP contribution in [0.5, 0.6) is 0 Å². The first kappa shape index (κ1) is 13.6. The molecule has 1 aliphatic heterocycles. The normalized spacial score (nSPS) is 31.2. The van der Waals surface area contributed by atoms with Crippen LogP contribution in [0.25, 0.3) is 0 Å². The van der Waals surface area contributed by atoms with Gasteiger partial charge in [-0.05, 0) is 49.3 Å². The van der Waals surface area contributed by atoms with Crippen molar-refractivity contribution < 1.29 is 14.3 Å². The topological polar surface area (TPSA) is 40.5 Å². The fourth-order valence-corrected chi connectivity index (χ4v) is 4.02. The lowest BCUT2D eigenvalue weighted by Crippen LogP contribution is -2.41. The minimum Gasteiger partial charge on any atom is -0.480 e. The minimum atomic E-state index is -0.734. The average molecular weight is 277 g/mol. The van der Waals surface area contributed by atoms with Crippen molar-refractivity contribution in [3.8, 4) is 0 Å². The molecule has 0 amide bonds. The van der Waals surface area contributed by atoms with Gasteiger partial charge in [-0.15, -0.1) is 0 Å². The molecule has 0 radical (unpaired) electrons. The van der Waals surface area contributed by atoms with E-state index in [0.717, 1.165) is 31.4 Å². The Bertz CT molecular complexity index is 519. The van der Waals surface area contributed by atoms with Gasteiger partial charge in [0.25, 0.3) is 0 Å². The molecule has 1 saturated heterocycles. The molecule has 4 heteroatoms. The van der Waals surface area contributed by atoms with Gasteiger partial charge in [-0.1, -0.05) is 18.6 Å². The fraction of sp³-hybridized carbons (Fsp3) is 0.562. The van der Waals surface area contributed by atoms with Crippen molar-refractivity contribution in [2.75, 3.05) is 6.54 Å². The maximum atomic E-state index is 13.4. The van der Waals surface area contributed by atoms with Crippen LogP contribution >= 0.6 is 0 Å². The minimum absolute atomic E-state index is 0.0580. The van der Waals surface area contributed by atoms with Gasteiger partial charge in [-0.25, -0.2) is 4.39 Å². The monoisotopic (exact) mass is 277 g/mol. The molecule has 4 unspecified atom stereocenters. The number of hydrogen-bond donors (Lipinski definition) is 1. The number of aliphatic carboxylic acids is 1. The summed E-state index contributed by atoms with van der Waals surface area (Å²) in [5.74, 6) is -0.237. The lowest BCUT2D eigenvalue weighted by Gasteiger charge is -2.30. The van der Waals surface area contributed by atoms with Gasteiger partial charge < -0.3 is 5.11 Å². The molecule has 3 nitrogen and oxygen atoms in total. The SMILES string of the molecule is CC(c1cccc(F)c1)N1CC2CCCC2C1C(=O)O. The van der Waals surface area contributed by atoms with Crippen molar-refractivity contribution >= 4 is 5.97 Å². The number of halogens is 1. The first-order valence-corrected chi connectivity index (χ1v) is 7.32. The van der Waals surface area contributed by atoms with Crippen LogP contribution < -0.4 is 0 Å². The second-order valence-electron chi connectivity index (χ2n) is 6.07. The van der Waals surface area contributed by atoms with Crippen molar-refractivity contribution in [2.45, 2.75) is 38.3 Å². The molecule has 2 fully saturated rings. The number of carboxylic acid groups (broad SMARTS) is 1. The first-order chi connectivity index (χ1) is 9.58. The molecule has 1 N–H and O–H groups in total. The maximum absolute atomic E-state index is 13.4. The quantitative estimate of drug-likeness (QED) is 0.923. The van der Waals surface area contributed by atoms with Gasteiger partial charge in [0.05, 0.1) is 0 Å². The Hall–Kier alpha value is -1.42. The summed E-state index contributed by atoms with van der Waals surface area (Å²) in [5.41, 5.74) is 0.858. The van der Waals surface area contributed by atoms with Crippen LogP contribution in [0.15, 0.2) is 24.3 Å². The number of carbonyl (C=O) groups is 1. The fourth-order valence-electron chi connectivity index (χ4n) is 4.02. The lowest BCUT2D eigenvalue weighted by atomic mass is 9.94. The van der Waals surface area contributed by atoms with Crippen molar-refractivity contribution in [3.05, 3.63) is 35.6 Å². The van der Waals surface area contributed by atoms with Crippen LogP contribution in [0.3, 0.4) is 0 Å². The average Bonchev–Trinajstić information content (AvgIpc) is 2.96. The Morgan fingerprint density at radius 2 is 2.25 bits per heavy atom. The van der Waals surface area contributed by atoms with Crippen LogP contribution in [-0.2, 0) is 4.79 Å². The zero-order chi connectivity index (χ0) is 14.3. The number of hydrogen-bond acceptors (Lipinski definition) is 2. The van der Waals surface area contributed by atoms with Crippen LogP contribution in [-0.4, -0.2) is 28.6 Å². The molecular formula is C16H20FNO2. The Kier molecular flexibility index (Phi) is 3.50. The molecule has 0 bridgehead atoms. The number of benzene rings is 1. The standard InChI is InChI=1S/C16H20FNO2/c1-10(11-4-2-6-13(17)8-11)18-9-12-5-3-7-14(12)15(18)16(19)20/h2,4,6,8,10,12,14-15H,3,5,7,9H2,1H3,(H,19,20). The summed E-state index contributed by atoms with van der Waals surface area (Å²) in [6, 6.07) is 6.02. The van der Waals surface area contributed by atoms with Gasteiger partial charge in [0.15, 0.2) is 0 Å². The highest BCUT2D eigenvalue weighted by Gasteiger charge is 2.49. The smallest absolute Gasteiger partial charge is 0.321 e. The molecule has 3 rings (SSSR count). The first-order valence-electron chi connectivity index (χ1n) is 7.32. The number of nitrogens with zero attached hydrogens (tertiary/aromatic N) is 1. The summed E-state index contributed by atoms with van der Waals surface area (Å²) in [5, 5.41) is 9.57. The zero-order valence-electron chi connectivity index (χ0n) is 11.6. The number of carboxylic acids is 1. The Morgan fingerprint density at radius 3 is 2.95 bits per heavy atom. The predicted molar refractivity (Wildman–Crippen MR) is 73.8 cm³/mol. The third-order valence-corrected chi connectivity index (χ3v) is 5.01. The van der Waals surface area contributed by atoms with Gasteiger partial charge in [-0.2, -0.15) is 0 Å². The van der Waals surface area contributed by atoms with E-state index in [1.807, 2.05) is 17.9 Å². The van der Waals surface area contributed by atoms with E-state index < -0.39 is 12.0 Å². The maximum Gasteiger partial charge on any atom is 0.321 e. The molecule has 1 saturated carbocycles. The van der Waals surface area contributed by atoms with E-state index in [2.05, 4.69) is 0 Å². The predicted octanol–water partition coefficient (Wildman–Crippen LogP) is 3.07. The van der Waals surface area contributed by atoms with Crippen molar-refractivity contribution in [2.24, 2.45) is 11.8 Å². The summed E-state index contributed by atoms with van der Waals surface area (Å²) >= 11 is 0. The van der Waals surface area contributed by atoms with Gasteiger partial charge in [0, 0.05) is 12.6 Å². The number of likely N-dealkylation sites (tertiary alicyclic amines) is 1. The highest BCUT2D eigenvalue weighted by atomic mass is 19.1. The highest BCUT2D eigenvalue weighted by Crippen LogP contribution is 2.45. The van der Waals surface area contributed by atoms with E-state index in [0.29, 0.717) is 5.92 Å². The van der Waals surface area contributed by atoms with E-state index in [9.17, 15) is 14.3 Å². The Labute approximate surface area is 118 Å². The van der Waals surface area contributed by atoms with Gasteiger partial charge in [-0.3, -0.25) is 9.69 Å². The summed E-state index contributed by atoms with van der Waals surface area (Å²) in [6.07, 6.45) is 3.27. The van der Waals surface area contributed by atoms with E-state index >= 15 is 0 Å². The second kappa shape index (κ2) is 5.17. The molecule has 1 heterocycles. The van der Waals surface area contributed by atoms with Crippen molar-refractivity contribution in [1.29, 1.82) is 0 Å². The summed E-state index contributed by atoms with van der Waals surface area (Å²) in [4.78, 5) is 13.7. The van der Waals surface area contributed by atoms with Gasteiger partial charge in [0.2, 0.25) is 0 Å². The van der Waals surface area contributed by atoms with Crippen LogP contribution in [0.1, 0.15) is 37.8 Å². The Balaban J connectivity index is 1.87. The third kappa shape index (κ3) is 2.22. The molecule has 2 aliphatic rings. The lowest BCUT2D eigenvalue weighted by molar-refractivity contribution is -0.144. The molecule has 108 valence electrons. The highest BCUT2D eigenvalue weighted by molar-refractivity contribution is 5.74. The van der Waals surface area contributed by atoms with E-state index in [4.69, 9.17) is 0 Å². The third-order valence-electron chi connectivity index (χ3n) is 5.01. The van der Waals surface area contributed by atoms with Crippen LogP contribution in [0.2, 0.25) is 0 Å². The number of rotatable bonds is 3. The van der Waals surface area contributed by atoms with Crippen molar-refractivity contribution in [1.82, 2.24) is 4.90 Å². The largest absolute Gasteiger partial charge is 0.480 e. The van der Waals surface area contributed by atoms with E-state index in [1.165, 1.54) is 12.1 Å². The zero-order valence-corrected chi connectivity index (χ0v) is 11.6. The van der Waals surface area contributed by atoms with Gasteiger partial charge in [0.1, 0.15) is 11.9 Å².